The molecule has 0 saturated carbocycles. The Morgan fingerprint density at radius 1 is 0.792 bits per heavy atom. The van der Waals surface area contributed by atoms with Crippen LogP contribution in [0.5, 0.6) is 0 Å². The van der Waals surface area contributed by atoms with Gasteiger partial charge in [0, 0.05) is 6.42 Å². The number of hydrogen-bond acceptors (Lipinski definition) is 5. The van der Waals surface area contributed by atoms with E-state index in [0.717, 1.165) is 51.4 Å². The van der Waals surface area contributed by atoms with Gasteiger partial charge in [-0.25, -0.2) is 0 Å². The largest absolute Gasteiger partial charge is 0.469 e. The first kappa shape index (κ1) is 23.4. The van der Waals surface area contributed by atoms with E-state index in [2.05, 4.69) is 11.7 Å². The molecule has 0 aromatic carbocycles. The Kier molecular flexibility index (Phi) is 15.4. The lowest BCUT2D eigenvalue weighted by molar-refractivity contribution is -0.140. The van der Waals surface area contributed by atoms with Crippen LogP contribution >= 0.6 is 0 Å². The molecular weight excluding hydrogens is 308 g/mol. The number of unbranched alkanes of at least 4 members (excludes halogenated alkanes) is 8. The molecule has 0 fully saturated rings. The van der Waals surface area contributed by atoms with Crippen molar-refractivity contribution in [2.75, 3.05) is 7.11 Å². The highest BCUT2D eigenvalue weighted by atomic mass is 16.5. The highest BCUT2D eigenvalue weighted by Gasteiger charge is 2.23. The molecule has 0 heterocycles. The van der Waals surface area contributed by atoms with Crippen LogP contribution in [-0.4, -0.2) is 46.7 Å². The van der Waals surface area contributed by atoms with Crippen LogP contribution in [0.2, 0.25) is 0 Å². The Labute approximate surface area is 147 Å². The van der Waals surface area contributed by atoms with Crippen LogP contribution in [0.1, 0.15) is 90.4 Å². The van der Waals surface area contributed by atoms with Gasteiger partial charge in [0.1, 0.15) is 6.10 Å². The second kappa shape index (κ2) is 15.9. The zero-order valence-electron chi connectivity index (χ0n) is 15.6. The fraction of sp³-hybridized carbons (Fsp3) is 0.947. The molecule has 0 aliphatic rings. The molecule has 0 aliphatic heterocycles. The number of carbonyl (C=O) groups is 1. The SMILES string of the molecule is CCCCCCC[C@@H](O)[C@H](O)[C@H](O)CCCCCCCC(=O)OC. The zero-order chi connectivity index (χ0) is 18.2. The Bertz CT molecular complexity index is 295. The molecule has 0 radical (unpaired) electrons. The molecule has 0 aliphatic carbocycles. The molecule has 0 bridgehead atoms. The van der Waals surface area contributed by atoms with E-state index >= 15 is 0 Å². The van der Waals surface area contributed by atoms with Crippen LogP contribution in [-0.2, 0) is 9.53 Å². The van der Waals surface area contributed by atoms with Gasteiger partial charge >= 0.3 is 5.97 Å². The Morgan fingerprint density at radius 2 is 1.25 bits per heavy atom. The van der Waals surface area contributed by atoms with E-state index in [0.29, 0.717) is 19.3 Å². The molecule has 0 rings (SSSR count). The highest BCUT2D eigenvalue weighted by Crippen LogP contribution is 2.15. The summed E-state index contributed by atoms with van der Waals surface area (Å²) in [5.41, 5.74) is 0. The van der Waals surface area contributed by atoms with Gasteiger partial charge in [-0.1, -0.05) is 64.7 Å². The monoisotopic (exact) mass is 346 g/mol. The van der Waals surface area contributed by atoms with Crippen molar-refractivity contribution in [3.8, 4) is 0 Å². The van der Waals surface area contributed by atoms with Crippen molar-refractivity contribution in [3.63, 3.8) is 0 Å². The summed E-state index contributed by atoms with van der Waals surface area (Å²) >= 11 is 0. The number of methoxy groups -OCH3 is 1. The van der Waals surface area contributed by atoms with Gasteiger partial charge in [-0.15, -0.1) is 0 Å². The van der Waals surface area contributed by atoms with Crippen molar-refractivity contribution in [2.45, 2.75) is 109 Å². The summed E-state index contributed by atoms with van der Waals surface area (Å²) < 4.78 is 4.58. The summed E-state index contributed by atoms with van der Waals surface area (Å²) in [6.45, 7) is 2.16. The first-order chi connectivity index (χ1) is 11.5. The molecular formula is C19H38O5. The molecule has 5 nitrogen and oxygen atoms in total. The number of carbonyl (C=O) groups excluding carboxylic acids is 1. The molecule has 0 aromatic heterocycles. The number of rotatable bonds is 16. The maximum absolute atomic E-state index is 10.9. The molecule has 0 unspecified atom stereocenters. The second-order valence-electron chi connectivity index (χ2n) is 6.71. The number of aliphatic hydroxyl groups excluding tert-OH is 3. The minimum atomic E-state index is -1.05. The lowest BCUT2D eigenvalue weighted by Crippen LogP contribution is -2.37. The average Bonchev–Trinajstić information content (AvgIpc) is 2.59. The molecule has 0 amide bonds. The van der Waals surface area contributed by atoms with Gasteiger partial charge in [0.25, 0.3) is 0 Å². The van der Waals surface area contributed by atoms with Gasteiger partial charge in [-0.3, -0.25) is 4.79 Å². The van der Waals surface area contributed by atoms with Crippen LogP contribution in [0, 0.1) is 0 Å². The molecule has 0 spiro atoms. The minimum Gasteiger partial charge on any atom is -0.469 e. The maximum atomic E-state index is 10.9. The summed E-state index contributed by atoms with van der Waals surface area (Å²) in [4.78, 5) is 10.9. The van der Waals surface area contributed by atoms with E-state index in [1.54, 1.807) is 0 Å². The highest BCUT2D eigenvalue weighted by molar-refractivity contribution is 5.68. The molecule has 24 heavy (non-hydrogen) atoms. The van der Waals surface area contributed by atoms with E-state index < -0.39 is 18.3 Å². The van der Waals surface area contributed by atoms with E-state index in [1.165, 1.54) is 20.0 Å². The molecule has 0 aromatic rings. The number of aliphatic hydroxyl groups is 3. The van der Waals surface area contributed by atoms with Crippen LogP contribution < -0.4 is 0 Å². The summed E-state index contributed by atoms with van der Waals surface area (Å²) in [7, 11) is 1.40. The first-order valence-electron chi connectivity index (χ1n) is 9.63. The van der Waals surface area contributed by atoms with Crippen molar-refractivity contribution in [2.24, 2.45) is 0 Å². The van der Waals surface area contributed by atoms with Crippen LogP contribution in [0.25, 0.3) is 0 Å². The quantitative estimate of drug-likeness (QED) is 0.295. The molecule has 144 valence electrons. The summed E-state index contributed by atoms with van der Waals surface area (Å²) in [5, 5.41) is 29.9. The van der Waals surface area contributed by atoms with E-state index in [-0.39, 0.29) is 5.97 Å². The fourth-order valence-electron chi connectivity index (χ4n) is 2.81. The van der Waals surface area contributed by atoms with Gasteiger partial charge < -0.3 is 20.1 Å². The van der Waals surface area contributed by atoms with Gasteiger partial charge in [0.15, 0.2) is 0 Å². The van der Waals surface area contributed by atoms with Crippen molar-refractivity contribution in [1.29, 1.82) is 0 Å². The molecule has 3 N–H and O–H groups in total. The fourth-order valence-corrected chi connectivity index (χ4v) is 2.81. The topological polar surface area (TPSA) is 87.0 Å². The van der Waals surface area contributed by atoms with Crippen molar-refractivity contribution >= 4 is 5.97 Å². The average molecular weight is 347 g/mol. The smallest absolute Gasteiger partial charge is 0.305 e. The van der Waals surface area contributed by atoms with Gasteiger partial charge in [-0.05, 0) is 19.3 Å². The van der Waals surface area contributed by atoms with Crippen molar-refractivity contribution < 1.29 is 24.9 Å². The lowest BCUT2D eigenvalue weighted by Gasteiger charge is -2.23. The Morgan fingerprint density at radius 3 is 1.75 bits per heavy atom. The maximum Gasteiger partial charge on any atom is 0.305 e. The predicted molar refractivity (Wildman–Crippen MR) is 95.7 cm³/mol. The Balaban J connectivity index is 3.60. The van der Waals surface area contributed by atoms with E-state index in [1.807, 2.05) is 0 Å². The van der Waals surface area contributed by atoms with Crippen molar-refractivity contribution in [3.05, 3.63) is 0 Å². The standard InChI is InChI=1S/C19H38O5/c1-3-4-5-7-10-13-16(20)19(23)17(21)14-11-8-6-9-12-15-18(22)24-2/h16-17,19-21,23H,3-15H2,1-2H3/t16-,17-,19+/m1/s1. The van der Waals surface area contributed by atoms with Crippen LogP contribution in [0.3, 0.4) is 0 Å². The molecule has 3 atom stereocenters. The van der Waals surface area contributed by atoms with Crippen LogP contribution in [0.15, 0.2) is 0 Å². The third-order valence-corrected chi connectivity index (χ3v) is 4.50. The number of hydrogen-bond donors (Lipinski definition) is 3. The normalized spacial score (nSPS) is 15.0. The second-order valence-corrected chi connectivity index (χ2v) is 6.71. The van der Waals surface area contributed by atoms with E-state index in [9.17, 15) is 20.1 Å². The van der Waals surface area contributed by atoms with Gasteiger partial charge in [0.05, 0.1) is 19.3 Å². The summed E-state index contributed by atoms with van der Waals surface area (Å²) in [6.07, 6.45) is 8.88. The first-order valence-corrected chi connectivity index (χ1v) is 9.63. The summed E-state index contributed by atoms with van der Waals surface area (Å²) in [5.74, 6) is -0.169. The third-order valence-electron chi connectivity index (χ3n) is 4.50. The minimum absolute atomic E-state index is 0.169. The lowest BCUT2D eigenvalue weighted by atomic mass is 9.97. The van der Waals surface area contributed by atoms with Gasteiger partial charge in [0.2, 0.25) is 0 Å². The molecule has 0 saturated heterocycles. The number of ether oxygens (including phenoxy) is 1. The van der Waals surface area contributed by atoms with E-state index in [4.69, 9.17) is 0 Å². The predicted octanol–water partition coefficient (Wildman–Crippen LogP) is 3.33. The third kappa shape index (κ3) is 12.7. The van der Waals surface area contributed by atoms with Crippen molar-refractivity contribution in [1.82, 2.24) is 0 Å². The Hall–Kier alpha value is -0.650. The van der Waals surface area contributed by atoms with Crippen LogP contribution in [0.4, 0.5) is 0 Å². The number of esters is 1. The van der Waals surface area contributed by atoms with Gasteiger partial charge in [-0.2, -0.15) is 0 Å². The summed E-state index contributed by atoms with van der Waals surface area (Å²) in [6, 6.07) is 0. The molecule has 5 heteroatoms. The zero-order valence-corrected chi connectivity index (χ0v) is 15.6.